The van der Waals surface area contributed by atoms with Crippen LogP contribution in [0.4, 0.5) is 6.01 Å². The lowest BCUT2D eigenvalue weighted by molar-refractivity contribution is 0.429. The number of hydrogen-bond acceptors (Lipinski definition) is 4. The van der Waals surface area contributed by atoms with Crippen molar-refractivity contribution in [3.63, 3.8) is 0 Å². The van der Waals surface area contributed by atoms with E-state index in [0.29, 0.717) is 11.8 Å². The van der Waals surface area contributed by atoms with Gasteiger partial charge in [0, 0.05) is 16.1 Å². The van der Waals surface area contributed by atoms with Crippen molar-refractivity contribution in [2.24, 2.45) is 0 Å². The van der Waals surface area contributed by atoms with Gasteiger partial charge in [0.15, 0.2) is 0 Å². The molecule has 0 amide bonds. The molecule has 0 fully saturated rings. The van der Waals surface area contributed by atoms with Crippen LogP contribution in [0.15, 0.2) is 27.2 Å². The van der Waals surface area contributed by atoms with Gasteiger partial charge in [-0.25, -0.2) is 0 Å². The van der Waals surface area contributed by atoms with Crippen molar-refractivity contribution in [3.05, 3.63) is 28.2 Å². The number of aryl methyl sites for hydroxylation is 1. The van der Waals surface area contributed by atoms with Crippen molar-refractivity contribution in [2.75, 3.05) is 5.32 Å². The Kier molecular flexibility index (Phi) is 3.47. The van der Waals surface area contributed by atoms with Crippen molar-refractivity contribution < 1.29 is 4.52 Å². The van der Waals surface area contributed by atoms with Crippen LogP contribution in [0.3, 0.4) is 0 Å². The standard InChI is InChI=1S/C12H14BrN3O/c1-7(2)14-12-15-11(16-17-12)9-5-4-8(3)6-10(9)13/h4-7H,1-3H3,(H,14,15,16). The van der Waals surface area contributed by atoms with Crippen LogP contribution in [0.5, 0.6) is 0 Å². The molecule has 1 N–H and O–H groups in total. The first-order chi connectivity index (χ1) is 8.06. The maximum atomic E-state index is 5.12. The minimum Gasteiger partial charge on any atom is -0.336 e. The molecule has 0 saturated heterocycles. The minimum absolute atomic E-state index is 0.268. The lowest BCUT2D eigenvalue weighted by Gasteiger charge is -2.02. The van der Waals surface area contributed by atoms with Crippen LogP contribution in [0.1, 0.15) is 19.4 Å². The summed E-state index contributed by atoms with van der Waals surface area (Å²) in [5.74, 6) is 0.583. The largest absolute Gasteiger partial charge is 0.336 e. The van der Waals surface area contributed by atoms with E-state index in [1.54, 1.807) is 0 Å². The molecule has 0 saturated carbocycles. The molecule has 0 aliphatic rings. The number of nitrogens with zero attached hydrogens (tertiary/aromatic N) is 2. The third-order valence-corrected chi connectivity index (χ3v) is 2.86. The van der Waals surface area contributed by atoms with Gasteiger partial charge in [-0.1, -0.05) is 27.2 Å². The number of rotatable bonds is 3. The average Bonchev–Trinajstić information content (AvgIpc) is 2.65. The quantitative estimate of drug-likeness (QED) is 0.939. The first-order valence-corrected chi connectivity index (χ1v) is 6.22. The molecule has 2 aromatic rings. The minimum atomic E-state index is 0.268. The van der Waals surface area contributed by atoms with Crippen molar-refractivity contribution in [3.8, 4) is 11.4 Å². The maximum Gasteiger partial charge on any atom is 0.321 e. The first-order valence-electron chi connectivity index (χ1n) is 5.43. The van der Waals surface area contributed by atoms with Gasteiger partial charge in [-0.15, -0.1) is 0 Å². The fraction of sp³-hybridized carbons (Fsp3) is 0.333. The van der Waals surface area contributed by atoms with Crippen LogP contribution in [-0.2, 0) is 0 Å². The molecule has 0 unspecified atom stereocenters. The second kappa shape index (κ2) is 4.87. The zero-order valence-corrected chi connectivity index (χ0v) is 11.6. The molecule has 0 bridgehead atoms. The predicted molar refractivity (Wildman–Crippen MR) is 70.9 cm³/mol. The summed E-state index contributed by atoms with van der Waals surface area (Å²) in [6, 6.07) is 6.74. The van der Waals surface area contributed by atoms with Crippen molar-refractivity contribution in [2.45, 2.75) is 26.8 Å². The van der Waals surface area contributed by atoms with Crippen molar-refractivity contribution in [1.29, 1.82) is 0 Å². The molecule has 90 valence electrons. The smallest absolute Gasteiger partial charge is 0.321 e. The lowest BCUT2D eigenvalue weighted by atomic mass is 10.1. The van der Waals surface area contributed by atoms with Crippen LogP contribution in [0, 0.1) is 6.92 Å². The molecule has 1 heterocycles. The number of halogens is 1. The van der Waals surface area contributed by atoms with Crippen molar-refractivity contribution in [1.82, 2.24) is 10.1 Å². The highest BCUT2D eigenvalue weighted by atomic mass is 79.9. The van der Waals surface area contributed by atoms with Gasteiger partial charge in [-0.05, 0) is 38.5 Å². The highest BCUT2D eigenvalue weighted by Gasteiger charge is 2.11. The van der Waals surface area contributed by atoms with Crippen LogP contribution < -0.4 is 5.32 Å². The Morgan fingerprint density at radius 2 is 2.12 bits per heavy atom. The van der Waals surface area contributed by atoms with Gasteiger partial charge in [0.1, 0.15) is 0 Å². The molecule has 17 heavy (non-hydrogen) atoms. The third kappa shape index (κ3) is 2.85. The van der Waals surface area contributed by atoms with Crippen LogP contribution in [0.25, 0.3) is 11.4 Å². The average molecular weight is 296 g/mol. The summed E-state index contributed by atoms with van der Waals surface area (Å²) < 4.78 is 6.09. The highest BCUT2D eigenvalue weighted by Crippen LogP contribution is 2.27. The monoisotopic (exact) mass is 295 g/mol. The summed E-state index contributed by atoms with van der Waals surface area (Å²) in [6.45, 7) is 6.08. The molecular weight excluding hydrogens is 282 g/mol. The Morgan fingerprint density at radius 1 is 1.35 bits per heavy atom. The number of nitrogens with one attached hydrogen (secondary N) is 1. The van der Waals surface area contributed by atoms with Gasteiger partial charge >= 0.3 is 6.01 Å². The van der Waals surface area contributed by atoms with Gasteiger partial charge in [0.05, 0.1) is 0 Å². The van der Waals surface area contributed by atoms with E-state index in [-0.39, 0.29) is 6.04 Å². The number of benzene rings is 1. The molecule has 1 aromatic carbocycles. The fourth-order valence-electron chi connectivity index (χ4n) is 1.44. The Bertz CT molecular complexity index is 522. The van der Waals surface area contributed by atoms with Crippen LogP contribution in [-0.4, -0.2) is 16.2 Å². The molecule has 1 aromatic heterocycles. The van der Waals surface area contributed by atoms with Crippen LogP contribution >= 0.6 is 15.9 Å². The maximum absolute atomic E-state index is 5.12. The van der Waals surface area contributed by atoms with Crippen molar-refractivity contribution >= 4 is 21.9 Å². The third-order valence-electron chi connectivity index (χ3n) is 2.20. The molecule has 0 spiro atoms. The molecule has 2 rings (SSSR count). The molecule has 0 aliphatic heterocycles. The van der Waals surface area contributed by atoms with Gasteiger partial charge in [0.25, 0.3) is 0 Å². The number of anilines is 1. The van der Waals surface area contributed by atoms with E-state index in [9.17, 15) is 0 Å². The summed E-state index contributed by atoms with van der Waals surface area (Å²) in [5.41, 5.74) is 2.11. The summed E-state index contributed by atoms with van der Waals surface area (Å²) in [4.78, 5) is 4.29. The number of aromatic nitrogens is 2. The Hall–Kier alpha value is -1.36. The van der Waals surface area contributed by atoms with Gasteiger partial charge in [0.2, 0.25) is 5.82 Å². The molecule has 0 radical (unpaired) electrons. The molecule has 0 atom stereocenters. The van der Waals surface area contributed by atoms with E-state index in [1.807, 2.05) is 39.0 Å². The lowest BCUT2D eigenvalue weighted by Crippen LogP contribution is -2.09. The van der Waals surface area contributed by atoms with Gasteiger partial charge in [-0.2, -0.15) is 4.98 Å². The first kappa shape index (κ1) is 12.1. The molecular formula is C12H14BrN3O. The summed E-state index contributed by atoms with van der Waals surface area (Å²) in [5, 5.41) is 7.02. The zero-order chi connectivity index (χ0) is 12.4. The summed E-state index contributed by atoms with van der Waals surface area (Å²) in [7, 11) is 0. The molecule has 5 heteroatoms. The van der Waals surface area contributed by atoms with Crippen LogP contribution in [0.2, 0.25) is 0 Å². The van der Waals surface area contributed by atoms with E-state index in [0.717, 1.165) is 10.0 Å². The van der Waals surface area contributed by atoms with Gasteiger partial charge < -0.3 is 9.84 Å². The van der Waals surface area contributed by atoms with E-state index < -0.39 is 0 Å². The normalized spacial score (nSPS) is 10.9. The van der Waals surface area contributed by atoms with E-state index >= 15 is 0 Å². The second-order valence-electron chi connectivity index (χ2n) is 4.21. The second-order valence-corrected chi connectivity index (χ2v) is 5.06. The summed E-state index contributed by atoms with van der Waals surface area (Å²) in [6.07, 6.45) is 0. The number of hydrogen-bond donors (Lipinski definition) is 1. The Morgan fingerprint density at radius 3 is 2.76 bits per heavy atom. The highest BCUT2D eigenvalue weighted by molar-refractivity contribution is 9.10. The molecule has 0 aliphatic carbocycles. The van der Waals surface area contributed by atoms with E-state index in [1.165, 1.54) is 5.56 Å². The molecule has 4 nitrogen and oxygen atoms in total. The topological polar surface area (TPSA) is 51.0 Å². The zero-order valence-electron chi connectivity index (χ0n) is 9.99. The predicted octanol–water partition coefficient (Wildman–Crippen LogP) is 3.63. The fourth-order valence-corrected chi connectivity index (χ4v) is 2.11. The van der Waals surface area contributed by atoms with E-state index in [2.05, 4.69) is 31.4 Å². The van der Waals surface area contributed by atoms with E-state index in [4.69, 9.17) is 4.52 Å². The Balaban J connectivity index is 2.30. The Labute approximate surface area is 109 Å². The summed E-state index contributed by atoms with van der Waals surface area (Å²) >= 11 is 3.50. The van der Waals surface area contributed by atoms with Gasteiger partial charge in [-0.3, -0.25) is 0 Å². The SMILES string of the molecule is Cc1ccc(-c2noc(NC(C)C)n2)c(Br)c1.